The number of hydrogen-bond acceptors (Lipinski definition) is 3. The van der Waals surface area contributed by atoms with E-state index >= 15 is 0 Å². The third kappa shape index (κ3) is 2.68. The molecule has 0 spiro atoms. The molecule has 0 fully saturated rings. The summed E-state index contributed by atoms with van der Waals surface area (Å²) >= 11 is 5.69. The summed E-state index contributed by atoms with van der Waals surface area (Å²) in [6, 6.07) is 1.71. The van der Waals surface area contributed by atoms with E-state index in [9.17, 15) is 4.79 Å². The largest absolute Gasteiger partial charge is 0.479 e. The number of carboxylic acids is 1. The Morgan fingerprint density at radius 3 is 2.86 bits per heavy atom. The van der Waals surface area contributed by atoms with Gasteiger partial charge >= 0.3 is 5.97 Å². The number of carbonyl (C=O) groups is 1. The van der Waals surface area contributed by atoms with Gasteiger partial charge in [-0.05, 0) is 18.1 Å². The molecule has 14 heavy (non-hydrogen) atoms. The van der Waals surface area contributed by atoms with E-state index in [1.54, 1.807) is 13.0 Å². The first-order valence-electron chi connectivity index (χ1n) is 4.02. The predicted octanol–water partition coefficient (Wildman–Crippen LogP) is 1.03. The summed E-state index contributed by atoms with van der Waals surface area (Å²) in [6.45, 7) is 1.77. The molecule has 1 aromatic heterocycles. The zero-order valence-electron chi connectivity index (χ0n) is 7.57. The number of hydrogen-bond donors (Lipinski definition) is 2. The Morgan fingerprint density at radius 1 is 1.71 bits per heavy atom. The molecule has 0 saturated heterocycles. The van der Waals surface area contributed by atoms with E-state index in [4.69, 9.17) is 21.8 Å². The van der Waals surface area contributed by atoms with Crippen molar-refractivity contribution in [1.82, 2.24) is 4.98 Å². The van der Waals surface area contributed by atoms with Crippen LogP contribution in [0.25, 0.3) is 0 Å². The van der Waals surface area contributed by atoms with E-state index in [2.05, 4.69) is 4.98 Å². The van der Waals surface area contributed by atoms with Gasteiger partial charge in [0.05, 0.1) is 0 Å². The summed E-state index contributed by atoms with van der Waals surface area (Å²) in [4.78, 5) is 14.2. The Bertz CT molecular complexity index is 354. The number of aliphatic carboxylic acids is 1. The summed E-state index contributed by atoms with van der Waals surface area (Å²) < 4.78 is 0. The summed E-state index contributed by atoms with van der Waals surface area (Å²) in [5.41, 5.74) is 1.42. The lowest BCUT2D eigenvalue weighted by atomic mass is 10.1. The zero-order valence-corrected chi connectivity index (χ0v) is 8.32. The van der Waals surface area contributed by atoms with Gasteiger partial charge in [-0.3, -0.25) is 0 Å². The molecule has 0 aromatic carbocycles. The fraction of sp³-hybridized carbons (Fsp3) is 0.333. The van der Waals surface area contributed by atoms with Gasteiger partial charge in [-0.2, -0.15) is 0 Å². The van der Waals surface area contributed by atoms with Gasteiger partial charge in [0.1, 0.15) is 5.15 Å². The highest BCUT2D eigenvalue weighted by Crippen LogP contribution is 2.13. The molecule has 0 aliphatic rings. The van der Waals surface area contributed by atoms with Crippen LogP contribution in [0.4, 0.5) is 0 Å². The highest BCUT2D eigenvalue weighted by molar-refractivity contribution is 6.30. The van der Waals surface area contributed by atoms with E-state index in [1.807, 2.05) is 0 Å². The maximum Gasteiger partial charge on any atom is 0.332 e. The van der Waals surface area contributed by atoms with Crippen molar-refractivity contribution in [3.8, 4) is 0 Å². The van der Waals surface area contributed by atoms with Crippen LogP contribution in [0.5, 0.6) is 0 Å². The van der Waals surface area contributed by atoms with Gasteiger partial charge in [0.2, 0.25) is 0 Å². The topological polar surface area (TPSA) is 70.4 Å². The van der Waals surface area contributed by atoms with Gasteiger partial charge in [0, 0.05) is 12.6 Å². The second-order valence-corrected chi connectivity index (χ2v) is 3.37. The van der Waals surface area contributed by atoms with Crippen molar-refractivity contribution in [3.05, 3.63) is 28.5 Å². The van der Waals surface area contributed by atoms with Crippen molar-refractivity contribution in [3.63, 3.8) is 0 Å². The molecule has 0 aliphatic carbocycles. The van der Waals surface area contributed by atoms with Crippen molar-refractivity contribution >= 4 is 17.6 Å². The molecule has 1 heterocycles. The van der Waals surface area contributed by atoms with E-state index in [1.165, 1.54) is 6.20 Å². The lowest BCUT2D eigenvalue weighted by Crippen LogP contribution is -2.22. The van der Waals surface area contributed by atoms with Crippen LogP contribution in [-0.4, -0.2) is 27.3 Å². The smallest absolute Gasteiger partial charge is 0.332 e. The molecule has 1 aromatic rings. The van der Waals surface area contributed by atoms with E-state index in [-0.39, 0.29) is 6.42 Å². The minimum absolute atomic E-state index is 0.0420. The number of pyridine rings is 1. The van der Waals surface area contributed by atoms with E-state index in [0.29, 0.717) is 10.7 Å². The molecular weight excluding hydrogens is 206 g/mol. The van der Waals surface area contributed by atoms with E-state index < -0.39 is 12.1 Å². The number of carboxylic acid groups (broad SMARTS) is 1. The molecule has 0 bridgehead atoms. The second kappa shape index (κ2) is 4.39. The van der Waals surface area contributed by atoms with Crippen molar-refractivity contribution < 1.29 is 15.0 Å². The van der Waals surface area contributed by atoms with Crippen LogP contribution >= 0.6 is 11.6 Å². The number of aliphatic hydroxyl groups excluding tert-OH is 1. The SMILES string of the molecule is Cc1cc(CC(O)C(=O)O)cnc1Cl. The third-order valence-corrected chi connectivity index (χ3v) is 2.18. The molecule has 0 saturated carbocycles. The lowest BCUT2D eigenvalue weighted by Gasteiger charge is -2.06. The quantitative estimate of drug-likeness (QED) is 0.739. The van der Waals surface area contributed by atoms with Gasteiger partial charge in [0.15, 0.2) is 6.10 Å². The Balaban J connectivity index is 2.78. The molecule has 1 rings (SSSR count). The predicted molar refractivity (Wildman–Crippen MR) is 51.3 cm³/mol. The first-order valence-corrected chi connectivity index (χ1v) is 4.40. The average Bonchev–Trinajstić information content (AvgIpc) is 2.11. The van der Waals surface area contributed by atoms with Crippen LogP contribution < -0.4 is 0 Å². The Morgan fingerprint density at radius 2 is 2.36 bits per heavy atom. The molecule has 0 aliphatic heterocycles. The van der Waals surface area contributed by atoms with Gasteiger partial charge in [-0.25, -0.2) is 9.78 Å². The van der Waals surface area contributed by atoms with Gasteiger partial charge < -0.3 is 10.2 Å². The van der Waals surface area contributed by atoms with Crippen molar-refractivity contribution in [1.29, 1.82) is 0 Å². The molecule has 76 valence electrons. The Labute approximate surface area is 86.2 Å². The third-order valence-electron chi connectivity index (χ3n) is 1.79. The van der Waals surface area contributed by atoms with Crippen LogP contribution in [0, 0.1) is 6.92 Å². The van der Waals surface area contributed by atoms with Crippen LogP contribution in [-0.2, 0) is 11.2 Å². The number of nitrogens with zero attached hydrogens (tertiary/aromatic N) is 1. The second-order valence-electron chi connectivity index (χ2n) is 3.01. The first kappa shape index (κ1) is 10.9. The van der Waals surface area contributed by atoms with Gasteiger partial charge in [0.25, 0.3) is 0 Å². The van der Waals surface area contributed by atoms with Crippen LogP contribution in [0.3, 0.4) is 0 Å². The standard InChI is InChI=1S/C9H10ClNO3/c1-5-2-6(4-11-8(5)10)3-7(12)9(13)14/h2,4,7,12H,3H2,1H3,(H,13,14). The summed E-state index contributed by atoms with van der Waals surface area (Å²) in [6.07, 6.45) is 0.111. The molecule has 1 atom stereocenters. The number of rotatable bonds is 3. The maximum atomic E-state index is 10.4. The molecule has 1 unspecified atom stereocenters. The first-order chi connectivity index (χ1) is 6.50. The fourth-order valence-corrected chi connectivity index (χ4v) is 1.14. The summed E-state index contributed by atoms with van der Waals surface area (Å²) in [5.74, 6) is -1.24. The average molecular weight is 216 g/mol. The highest BCUT2D eigenvalue weighted by atomic mass is 35.5. The zero-order chi connectivity index (χ0) is 10.7. The Kier molecular flexibility index (Phi) is 3.43. The maximum absolute atomic E-state index is 10.4. The summed E-state index contributed by atoms with van der Waals surface area (Å²) in [7, 11) is 0. The normalized spacial score (nSPS) is 12.5. The van der Waals surface area contributed by atoms with Gasteiger partial charge in [-0.15, -0.1) is 0 Å². The Hall–Kier alpha value is -1.13. The summed E-state index contributed by atoms with van der Waals surface area (Å²) in [5, 5.41) is 17.9. The number of halogens is 1. The number of aliphatic hydroxyl groups is 1. The molecule has 5 heteroatoms. The number of aryl methyl sites for hydroxylation is 1. The van der Waals surface area contributed by atoms with Crippen molar-refractivity contribution in [2.75, 3.05) is 0 Å². The van der Waals surface area contributed by atoms with Crippen LogP contribution in [0.2, 0.25) is 5.15 Å². The fourth-order valence-electron chi connectivity index (χ4n) is 1.04. The van der Waals surface area contributed by atoms with Crippen molar-refractivity contribution in [2.45, 2.75) is 19.4 Å². The minimum atomic E-state index is -1.39. The monoisotopic (exact) mass is 215 g/mol. The molecule has 2 N–H and O–H groups in total. The molecule has 4 nitrogen and oxygen atoms in total. The minimum Gasteiger partial charge on any atom is -0.479 e. The molecule has 0 amide bonds. The lowest BCUT2D eigenvalue weighted by molar-refractivity contribution is -0.146. The van der Waals surface area contributed by atoms with Gasteiger partial charge in [-0.1, -0.05) is 17.7 Å². The van der Waals surface area contributed by atoms with E-state index in [0.717, 1.165) is 5.56 Å². The van der Waals surface area contributed by atoms with Crippen molar-refractivity contribution in [2.24, 2.45) is 0 Å². The van der Waals surface area contributed by atoms with Crippen LogP contribution in [0.15, 0.2) is 12.3 Å². The molecular formula is C9H10ClNO3. The molecule has 0 radical (unpaired) electrons. The number of aromatic nitrogens is 1. The van der Waals surface area contributed by atoms with Crippen LogP contribution in [0.1, 0.15) is 11.1 Å². The highest BCUT2D eigenvalue weighted by Gasteiger charge is 2.14.